The molecule has 0 fully saturated rings. The molecule has 0 spiro atoms. The van der Waals surface area contributed by atoms with Gasteiger partial charge in [0.2, 0.25) is 5.88 Å². The average molecular weight is 444 g/mol. The minimum Gasteiger partial charge on any atom is -0.493 e. The van der Waals surface area contributed by atoms with E-state index in [0.29, 0.717) is 34.3 Å². The van der Waals surface area contributed by atoms with Gasteiger partial charge in [0.25, 0.3) is 0 Å². The van der Waals surface area contributed by atoms with E-state index in [1.807, 2.05) is 61.5 Å². The van der Waals surface area contributed by atoms with Gasteiger partial charge in [-0.1, -0.05) is 29.8 Å². The number of ether oxygens (including phenoxy) is 3. The molecule has 4 rings (SSSR count). The number of esters is 1. The Bertz CT molecular complexity index is 1290. The lowest BCUT2D eigenvalue weighted by Gasteiger charge is -2.11. The number of anilines is 1. The first-order chi connectivity index (χ1) is 15.9. The summed E-state index contributed by atoms with van der Waals surface area (Å²) in [6, 6.07) is 20.7. The highest BCUT2D eigenvalue weighted by atomic mass is 16.5. The number of benzene rings is 3. The van der Waals surface area contributed by atoms with E-state index < -0.39 is 5.97 Å². The maximum atomic E-state index is 12.1. The Morgan fingerprint density at radius 2 is 1.52 bits per heavy atom. The number of nitrogens with zero attached hydrogens (tertiary/aromatic N) is 2. The number of carbonyl (C=O) groups excluding carboxylic acids is 1. The largest absolute Gasteiger partial charge is 0.493 e. The summed E-state index contributed by atoms with van der Waals surface area (Å²) in [5, 5.41) is 4.87. The lowest BCUT2D eigenvalue weighted by atomic mass is 10.0. The van der Waals surface area contributed by atoms with E-state index in [4.69, 9.17) is 25.0 Å². The molecule has 2 N–H and O–H groups in total. The zero-order valence-corrected chi connectivity index (χ0v) is 19.0. The average Bonchev–Trinajstić information content (AvgIpc) is 3.18. The fourth-order valence-electron chi connectivity index (χ4n) is 3.59. The SMILES string of the molecule is COc1ccc(-c2nn(-c3ccc(C)cc3)c(OC(C)=O)c2-c2ccc(N)cc2)cc1OC. The smallest absolute Gasteiger partial charge is 0.309 e. The van der Waals surface area contributed by atoms with E-state index in [2.05, 4.69) is 0 Å². The minimum atomic E-state index is -0.446. The molecule has 1 aromatic heterocycles. The van der Waals surface area contributed by atoms with Crippen molar-refractivity contribution in [3.8, 4) is 45.5 Å². The van der Waals surface area contributed by atoms with Crippen LogP contribution in [0.3, 0.4) is 0 Å². The van der Waals surface area contributed by atoms with Crippen LogP contribution in [0, 0.1) is 6.92 Å². The van der Waals surface area contributed by atoms with Gasteiger partial charge in [-0.25, -0.2) is 0 Å². The predicted molar refractivity (Wildman–Crippen MR) is 128 cm³/mol. The summed E-state index contributed by atoms with van der Waals surface area (Å²) < 4.78 is 18.2. The summed E-state index contributed by atoms with van der Waals surface area (Å²) in [6.07, 6.45) is 0. The summed E-state index contributed by atoms with van der Waals surface area (Å²) in [6.45, 7) is 3.38. The fourth-order valence-corrected chi connectivity index (χ4v) is 3.59. The monoisotopic (exact) mass is 443 g/mol. The molecular formula is C26H25N3O4. The molecule has 0 saturated carbocycles. The van der Waals surface area contributed by atoms with Crippen LogP contribution in [0.25, 0.3) is 28.1 Å². The molecule has 0 aliphatic heterocycles. The second-order valence-corrected chi connectivity index (χ2v) is 7.56. The molecule has 0 amide bonds. The fraction of sp³-hybridized carbons (Fsp3) is 0.154. The van der Waals surface area contributed by atoms with Crippen molar-refractivity contribution in [1.29, 1.82) is 0 Å². The number of carbonyl (C=O) groups is 1. The van der Waals surface area contributed by atoms with Crippen LogP contribution in [-0.2, 0) is 4.79 Å². The first-order valence-electron chi connectivity index (χ1n) is 10.4. The van der Waals surface area contributed by atoms with E-state index in [0.717, 1.165) is 22.4 Å². The van der Waals surface area contributed by atoms with Crippen LogP contribution in [0.1, 0.15) is 12.5 Å². The van der Waals surface area contributed by atoms with Gasteiger partial charge >= 0.3 is 5.97 Å². The normalized spacial score (nSPS) is 10.7. The number of aromatic nitrogens is 2. The zero-order valence-electron chi connectivity index (χ0n) is 19.0. The summed E-state index contributed by atoms with van der Waals surface area (Å²) in [4.78, 5) is 12.1. The Labute approximate surface area is 192 Å². The Hall–Kier alpha value is -4.26. The van der Waals surface area contributed by atoms with E-state index >= 15 is 0 Å². The molecule has 0 aliphatic carbocycles. The molecule has 3 aromatic carbocycles. The van der Waals surface area contributed by atoms with Crippen LogP contribution >= 0.6 is 0 Å². The van der Waals surface area contributed by atoms with Gasteiger partial charge in [-0.2, -0.15) is 9.78 Å². The topological polar surface area (TPSA) is 88.6 Å². The minimum absolute atomic E-state index is 0.320. The number of hydrogen-bond acceptors (Lipinski definition) is 6. The van der Waals surface area contributed by atoms with Crippen molar-refractivity contribution in [2.24, 2.45) is 0 Å². The maximum Gasteiger partial charge on any atom is 0.309 e. The Morgan fingerprint density at radius 1 is 0.879 bits per heavy atom. The molecule has 0 radical (unpaired) electrons. The second kappa shape index (κ2) is 9.08. The Morgan fingerprint density at radius 3 is 2.12 bits per heavy atom. The molecular weight excluding hydrogens is 418 g/mol. The number of nitrogen functional groups attached to an aromatic ring is 1. The van der Waals surface area contributed by atoms with Crippen LogP contribution in [0.15, 0.2) is 66.7 Å². The van der Waals surface area contributed by atoms with Crippen molar-refractivity contribution in [1.82, 2.24) is 9.78 Å². The number of methoxy groups -OCH3 is 2. The molecule has 0 aliphatic rings. The molecule has 4 aromatic rings. The number of nitrogens with two attached hydrogens (primary N) is 1. The van der Waals surface area contributed by atoms with Crippen LogP contribution in [0.4, 0.5) is 5.69 Å². The third-order valence-corrected chi connectivity index (χ3v) is 5.22. The predicted octanol–water partition coefficient (Wildman–Crippen LogP) is 5.04. The Kier molecular flexibility index (Phi) is 6.04. The van der Waals surface area contributed by atoms with Gasteiger partial charge in [0.15, 0.2) is 11.5 Å². The second-order valence-electron chi connectivity index (χ2n) is 7.56. The van der Waals surface area contributed by atoms with Crippen molar-refractivity contribution in [3.63, 3.8) is 0 Å². The maximum absolute atomic E-state index is 12.1. The van der Waals surface area contributed by atoms with Crippen LogP contribution in [0.2, 0.25) is 0 Å². The van der Waals surface area contributed by atoms with Crippen molar-refractivity contribution in [2.45, 2.75) is 13.8 Å². The summed E-state index contributed by atoms with van der Waals surface area (Å²) in [5.74, 6) is 1.05. The first kappa shape index (κ1) is 22.0. The van der Waals surface area contributed by atoms with Crippen molar-refractivity contribution in [3.05, 3.63) is 72.3 Å². The quantitative estimate of drug-likeness (QED) is 0.332. The third kappa shape index (κ3) is 4.39. The molecule has 0 unspecified atom stereocenters. The van der Waals surface area contributed by atoms with Crippen molar-refractivity contribution in [2.75, 3.05) is 20.0 Å². The lowest BCUT2D eigenvalue weighted by molar-refractivity contribution is -0.132. The van der Waals surface area contributed by atoms with E-state index in [-0.39, 0.29) is 0 Å². The highest BCUT2D eigenvalue weighted by Gasteiger charge is 2.25. The molecule has 1 heterocycles. The van der Waals surface area contributed by atoms with Gasteiger partial charge in [-0.05, 0) is 55.0 Å². The van der Waals surface area contributed by atoms with Gasteiger partial charge in [-0.15, -0.1) is 0 Å². The summed E-state index contributed by atoms with van der Waals surface area (Å²) >= 11 is 0. The number of aryl methyl sites for hydroxylation is 1. The molecule has 7 nitrogen and oxygen atoms in total. The standard InChI is InChI=1S/C26H25N3O4/c1-16-5-12-21(13-6-16)29-26(33-17(2)30)24(18-7-10-20(27)11-8-18)25(28-29)19-9-14-22(31-3)23(15-19)32-4/h5-15H,27H2,1-4H3. The number of hydrogen-bond donors (Lipinski definition) is 1. The molecule has 33 heavy (non-hydrogen) atoms. The van der Waals surface area contributed by atoms with Crippen molar-refractivity contribution < 1.29 is 19.0 Å². The van der Waals surface area contributed by atoms with Crippen molar-refractivity contribution >= 4 is 11.7 Å². The molecule has 168 valence electrons. The third-order valence-electron chi connectivity index (χ3n) is 5.22. The summed E-state index contributed by atoms with van der Waals surface area (Å²) in [5.41, 5.74) is 11.3. The van der Waals surface area contributed by atoms with Gasteiger partial charge in [0.05, 0.1) is 25.5 Å². The lowest BCUT2D eigenvalue weighted by Crippen LogP contribution is -2.08. The molecule has 0 bridgehead atoms. The van der Waals surface area contributed by atoms with E-state index in [1.165, 1.54) is 6.92 Å². The highest BCUT2D eigenvalue weighted by molar-refractivity contribution is 5.88. The van der Waals surface area contributed by atoms with Gasteiger partial charge < -0.3 is 19.9 Å². The van der Waals surface area contributed by atoms with Gasteiger partial charge in [0, 0.05) is 18.2 Å². The zero-order chi connectivity index (χ0) is 23.5. The summed E-state index contributed by atoms with van der Waals surface area (Å²) in [7, 11) is 3.17. The first-order valence-corrected chi connectivity index (χ1v) is 10.4. The van der Waals surface area contributed by atoms with E-state index in [9.17, 15) is 4.79 Å². The van der Waals surface area contributed by atoms with E-state index in [1.54, 1.807) is 31.0 Å². The van der Waals surface area contributed by atoms with Gasteiger partial charge in [0.1, 0.15) is 5.69 Å². The van der Waals surface area contributed by atoms with Crippen LogP contribution in [0.5, 0.6) is 17.4 Å². The number of rotatable bonds is 6. The Balaban J connectivity index is 2.03. The molecule has 0 saturated heterocycles. The van der Waals surface area contributed by atoms with Crippen LogP contribution in [-0.4, -0.2) is 30.0 Å². The molecule has 7 heteroatoms. The van der Waals surface area contributed by atoms with Crippen LogP contribution < -0.4 is 19.9 Å². The highest BCUT2D eigenvalue weighted by Crippen LogP contribution is 2.43. The molecule has 0 atom stereocenters. The van der Waals surface area contributed by atoms with Gasteiger partial charge in [-0.3, -0.25) is 4.79 Å².